The van der Waals surface area contributed by atoms with Crippen molar-refractivity contribution in [2.75, 3.05) is 0 Å². The summed E-state index contributed by atoms with van der Waals surface area (Å²) in [5.41, 5.74) is 2.54. The van der Waals surface area contributed by atoms with Crippen LogP contribution in [0.25, 0.3) is 0 Å². The highest BCUT2D eigenvalue weighted by Crippen LogP contribution is 1.90. The van der Waals surface area contributed by atoms with Gasteiger partial charge in [-0.2, -0.15) is 0 Å². The zero-order valence-electron chi connectivity index (χ0n) is 5.05. The summed E-state index contributed by atoms with van der Waals surface area (Å²) in [7, 11) is 0. The van der Waals surface area contributed by atoms with Gasteiger partial charge in [-0.25, -0.2) is 0 Å². The lowest BCUT2D eigenvalue weighted by Crippen LogP contribution is -2.39. The zero-order valence-corrected chi connectivity index (χ0v) is 5.05. The van der Waals surface area contributed by atoms with Crippen LogP contribution >= 0.6 is 0 Å². The first-order chi connectivity index (χ1) is 4.29. The summed E-state index contributed by atoms with van der Waals surface area (Å²) in [5, 5.41) is 2.58. The molecule has 4 nitrogen and oxygen atoms in total. The Morgan fingerprint density at radius 2 is 2.67 bits per heavy atom. The summed E-state index contributed by atoms with van der Waals surface area (Å²) < 4.78 is 0. The van der Waals surface area contributed by atoms with E-state index in [-0.39, 0.29) is 12.1 Å². The molecular weight excluding hydrogens is 120 g/mol. The number of amides is 1. The highest BCUT2D eigenvalue weighted by Gasteiger charge is 2.08. The van der Waals surface area contributed by atoms with Crippen molar-refractivity contribution in [3.8, 4) is 0 Å². The molecule has 0 saturated carbocycles. The Labute approximate surface area is 52.8 Å². The van der Waals surface area contributed by atoms with Crippen LogP contribution in [-0.2, 0) is 9.63 Å². The molecule has 1 unspecified atom stereocenters. The average molecular weight is 128 g/mol. The molecule has 0 aromatic carbocycles. The van der Waals surface area contributed by atoms with Crippen LogP contribution in [0.1, 0.15) is 6.92 Å². The number of hydrogen-bond acceptors (Lipinski definition) is 3. The predicted molar refractivity (Wildman–Crippen MR) is 31.0 cm³/mol. The lowest BCUT2D eigenvalue weighted by atomic mass is 10.5. The van der Waals surface area contributed by atoms with Crippen molar-refractivity contribution in [1.29, 1.82) is 0 Å². The first-order valence-electron chi connectivity index (χ1n) is 2.64. The van der Waals surface area contributed by atoms with Crippen molar-refractivity contribution >= 4 is 5.91 Å². The van der Waals surface area contributed by atoms with Gasteiger partial charge in [-0.05, 0) is 6.08 Å². The maximum Gasteiger partial charge on any atom is 0.218 e. The predicted octanol–water partition coefficient (Wildman–Crippen LogP) is -0.503. The molecule has 1 heterocycles. The van der Waals surface area contributed by atoms with E-state index in [1.165, 1.54) is 13.2 Å². The van der Waals surface area contributed by atoms with Crippen LogP contribution in [0.2, 0.25) is 0 Å². The molecule has 0 aromatic rings. The normalized spacial score (nSPS) is 23.4. The topological polar surface area (TPSA) is 50.4 Å². The fourth-order valence-corrected chi connectivity index (χ4v) is 0.566. The fourth-order valence-electron chi connectivity index (χ4n) is 0.566. The summed E-state index contributed by atoms with van der Waals surface area (Å²) >= 11 is 0. The van der Waals surface area contributed by atoms with Gasteiger partial charge < -0.3 is 10.2 Å². The monoisotopic (exact) mass is 128 g/mol. The van der Waals surface area contributed by atoms with Crippen molar-refractivity contribution in [3.05, 3.63) is 12.3 Å². The summed E-state index contributed by atoms with van der Waals surface area (Å²) in [6, 6.07) is 0. The minimum absolute atomic E-state index is 0.0809. The van der Waals surface area contributed by atoms with E-state index in [9.17, 15) is 4.79 Å². The molecule has 0 radical (unpaired) electrons. The van der Waals surface area contributed by atoms with Gasteiger partial charge in [0.05, 0.1) is 0 Å². The highest BCUT2D eigenvalue weighted by atomic mass is 16.6. The second-order valence-electron chi connectivity index (χ2n) is 1.74. The van der Waals surface area contributed by atoms with Crippen molar-refractivity contribution in [1.82, 2.24) is 10.8 Å². The van der Waals surface area contributed by atoms with Gasteiger partial charge in [-0.1, -0.05) is 0 Å². The molecule has 50 valence electrons. The van der Waals surface area contributed by atoms with E-state index < -0.39 is 0 Å². The summed E-state index contributed by atoms with van der Waals surface area (Å²) in [5.74, 6) is -0.0809. The summed E-state index contributed by atoms with van der Waals surface area (Å²) in [4.78, 5) is 15.0. The second kappa shape index (κ2) is 2.50. The number of hydroxylamine groups is 1. The Morgan fingerprint density at radius 1 is 1.89 bits per heavy atom. The number of carbonyl (C=O) groups excluding carboxylic acids is 1. The van der Waals surface area contributed by atoms with Crippen molar-refractivity contribution in [2.45, 2.75) is 13.1 Å². The van der Waals surface area contributed by atoms with Gasteiger partial charge in [0.25, 0.3) is 0 Å². The van der Waals surface area contributed by atoms with E-state index in [1.54, 1.807) is 6.08 Å². The Kier molecular flexibility index (Phi) is 1.69. The summed E-state index contributed by atoms with van der Waals surface area (Å²) in [6.07, 6.45) is 3.03. The largest absolute Gasteiger partial charge is 0.414 e. The van der Waals surface area contributed by atoms with Gasteiger partial charge in [0.1, 0.15) is 12.4 Å². The van der Waals surface area contributed by atoms with Crippen LogP contribution in [0.4, 0.5) is 0 Å². The molecule has 2 N–H and O–H groups in total. The molecule has 9 heavy (non-hydrogen) atoms. The van der Waals surface area contributed by atoms with E-state index in [0.29, 0.717) is 0 Å². The number of carbonyl (C=O) groups is 1. The van der Waals surface area contributed by atoms with Crippen LogP contribution in [0.3, 0.4) is 0 Å². The van der Waals surface area contributed by atoms with Crippen LogP contribution in [-0.4, -0.2) is 12.1 Å². The van der Waals surface area contributed by atoms with Gasteiger partial charge in [0.2, 0.25) is 5.91 Å². The third-order valence-electron chi connectivity index (χ3n) is 0.893. The van der Waals surface area contributed by atoms with Gasteiger partial charge in [-0.15, -0.1) is 5.48 Å². The SMILES string of the molecule is CC(=O)NC1C=CON1. The molecular formula is C5H8N2O2. The van der Waals surface area contributed by atoms with Crippen molar-refractivity contribution in [2.24, 2.45) is 0 Å². The minimum Gasteiger partial charge on any atom is -0.414 e. The third kappa shape index (κ3) is 1.73. The van der Waals surface area contributed by atoms with Crippen molar-refractivity contribution < 1.29 is 9.63 Å². The molecule has 1 rings (SSSR count). The molecule has 4 heteroatoms. The minimum atomic E-state index is -0.164. The second-order valence-corrected chi connectivity index (χ2v) is 1.74. The Balaban J connectivity index is 2.28. The molecule has 1 aliphatic heterocycles. The molecule has 1 atom stereocenters. The van der Waals surface area contributed by atoms with E-state index in [1.807, 2.05) is 0 Å². The van der Waals surface area contributed by atoms with Gasteiger partial charge >= 0.3 is 0 Å². The maximum atomic E-state index is 10.4. The van der Waals surface area contributed by atoms with Gasteiger partial charge in [0.15, 0.2) is 0 Å². The van der Waals surface area contributed by atoms with Crippen LogP contribution in [0.15, 0.2) is 12.3 Å². The lowest BCUT2D eigenvalue weighted by molar-refractivity contribution is -0.120. The lowest BCUT2D eigenvalue weighted by Gasteiger charge is -2.06. The molecule has 1 amide bonds. The molecule has 0 bridgehead atoms. The average Bonchev–Trinajstić information content (AvgIpc) is 2.15. The highest BCUT2D eigenvalue weighted by molar-refractivity contribution is 5.73. The molecule has 0 saturated heterocycles. The molecule has 1 aliphatic rings. The smallest absolute Gasteiger partial charge is 0.218 e. The van der Waals surface area contributed by atoms with Crippen LogP contribution in [0.5, 0.6) is 0 Å². The molecule has 0 aliphatic carbocycles. The quantitative estimate of drug-likeness (QED) is 0.500. The number of hydrogen-bond donors (Lipinski definition) is 2. The van der Waals surface area contributed by atoms with E-state index >= 15 is 0 Å². The van der Waals surface area contributed by atoms with E-state index in [4.69, 9.17) is 0 Å². The fraction of sp³-hybridized carbons (Fsp3) is 0.400. The Morgan fingerprint density at radius 3 is 3.11 bits per heavy atom. The summed E-state index contributed by atoms with van der Waals surface area (Å²) in [6.45, 7) is 1.45. The van der Waals surface area contributed by atoms with Crippen molar-refractivity contribution in [3.63, 3.8) is 0 Å². The first-order valence-corrected chi connectivity index (χ1v) is 2.64. The van der Waals surface area contributed by atoms with Gasteiger partial charge in [-0.3, -0.25) is 4.79 Å². The maximum absolute atomic E-state index is 10.4. The molecule has 0 aromatic heterocycles. The molecule has 0 fully saturated rings. The van der Waals surface area contributed by atoms with E-state index in [2.05, 4.69) is 15.6 Å². The zero-order chi connectivity index (χ0) is 6.69. The molecule has 0 spiro atoms. The Hall–Kier alpha value is -1.03. The van der Waals surface area contributed by atoms with Crippen LogP contribution < -0.4 is 10.8 Å². The Bertz CT molecular complexity index is 144. The first kappa shape index (κ1) is 6.10. The number of rotatable bonds is 1. The van der Waals surface area contributed by atoms with Crippen LogP contribution in [0, 0.1) is 0 Å². The van der Waals surface area contributed by atoms with Gasteiger partial charge in [0, 0.05) is 6.92 Å². The number of nitrogens with one attached hydrogen (secondary N) is 2. The third-order valence-corrected chi connectivity index (χ3v) is 0.893. The standard InChI is InChI=1S/C5H8N2O2/c1-4(8)6-5-2-3-9-7-5/h2-3,5,7H,1H3,(H,6,8). The van der Waals surface area contributed by atoms with E-state index in [0.717, 1.165) is 0 Å².